The summed E-state index contributed by atoms with van der Waals surface area (Å²) in [6, 6.07) is 6.53. The number of carboxylic acid groups (broad SMARTS) is 1. The first kappa shape index (κ1) is 15.1. The molecule has 1 amide bonds. The van der Waals surface area contributed by atoms with Gasteiger partial charge in [0.2, 0.25) is 0 Å². The van der Waals surface area contributed by atoms with Gasteiger partial charge in [-0.3, -0.25) is 4.79 Å². The van der Waals surface area contributed by atoms with E-state index in [0.717, 1.165) is 10.9 Å². The van der Waals surface area contributed by atoms with Crippen molar-refractivity contribution in [2.45, 2.75) is 12.5 Å². The van der Waals surface area contributed by atoms with E-state index in [1.54, 1.807) is 6.20 Å². The minimum atomic E-state index is -1.07. The number of carboxylic acids is 1. The Kier molecular flexibility index (Phi) is 4.59. The van der Waals surface area contributed by atoms with E-state index in [9.17, 15) is 9.59 Å². The molecule has 0 fully saturated rings. The molecule has 21 heavy (non-hydrogen) atoms. The number of aromatic nitrogens is 1. The number of benzene rings is 1. The highest BCUT2D eigenvalue weighted by Crippen LogP contribution is 2.20. The lowest BCUT2D eigenvalue weighted by Gasteiger charge is -2.13. The van der Waals surface area contributed by atoms with Crippen molar-refractivity contribution in [3.05, 3.63) is 36.0 Å². The van der Waals surface area contributed by atoms with E-state index in [1.807, 2.05) is 35.9 Å². The summed E-state index contributed by atoms with van der Waals surface area (Å²) in [6.07, 6.45) is 1.93. The number of aryl methyl sites for hydroxylation is 1. The highest BCUT2D eigenvalue weighted by atomic mass is 16.5. The zero-order valence-corrected chi connectivity index (χ0v) is 12.0. The Morgan fingerprint density at radius 3 is 2.76 bits per heavy atom. The number of rotatable bonds is 6. The summed E-state index contributed by atoms with van der Waals surface area (Å²) < 4.78 is 6.71. The Balaban J connectivity index is 2.23. The molecule has 112 valence electrons. The van der Waals surface area contributed by atoms with Gasteiger partial charge in [-0.1, -0.05) is 18.2 Å². The predicted octanol–water partition coefficient (Wildman–Crippen LogP) is 1.40. The quantitative estimate of drug-likeness (QED) is 0.842. The predicted molar refractivity (Wildman–Crippen MR) is 78.3 cm³/mol. The van der Waals surface area contributed by atoms with Crippen LogP contribution in [0.2, 0.25) is 0 Å². The number of carbonyl (C=O) groups excluding carboxylic acids is 1. The Morgan fingerprint density at radius 1 is 1.38 bits per heavy atom. The lowest BCUT2D eigenvalue weighted by atomic mass is 10.1. The van der Waals surface area contributed by atoms with E-state index >= 15 is 0 Å². The number of amides is 1. The Bertz CT molecular complexity index is 663. The fourth-order valence-electron chi connectivity index (χ4n) is 2.25. The van der Waals surface area contributed by atoms with Crippen LogP contribution < -0.4 is 5.32 Å². The molecular weight excluding hydrogens is 272 g/mol. The molecule has 1 atom stereocenters. The van der Waals surface area contributed by atoms with Gasteiger partial charge in [-0.25, -0.2) is 4.79 Å². The molecule has 0 saturated heterocycles. The second kappa shape index (κ2) is 6.41. The second-order valence-corrected chi connectivity index (χ2v) is 4.82. The van der Waals surface area contributed by atoms with Crippen LogP contribution in [0.3, 0.4) is 0 Å². The fraction of sp³-hybridized carbons (Fsp3) is 0.333. The summed E-state index contributed by atoms with van der Waals surface area (Å²) in [7, 11) is 3.34. The van der Waals surface area contributed by atoms with Crippen molar-refractivity contribution < 1.29 is 19.4 Å². The Morgan fingerprint density at radius 2 is 2.10 bits per heavy atom. The molecule has 1 unspecified atom stereocenters. The molecule has 1 aromatic heterocycles. The summed E-state index contributed by atoms with van der Waals surface area (Å²) in [5, 5.41) is 12.5. The van der Waals surface area contributed by atoms with Crippen molar-refractivity contribution >= 4 is 22.8 Å². The van der Waals surface area contributed by atoms with E-state index in [4.69, 9.17) is 9.84 Å². The SMILES string of the molecule is COCCC(NC(=O)c1cn(C)c2ccccc12)C(=O)O. The van der Waals surface area contributed by atoms with Gasteiger partial charge in [0, 0.05) is 44.3 Å². The molecule has 0 radical (unpaired) electrons. The standard InChI is InChI=1S/C15H18N2O4/c1-17-9-11(10-5-3-4-6-13(10)17)14(18)16-12(15(19)20)7-8-21-2/h3-6,9,12H,7-8H2,1-2H3,(H,16,18)(H,19,20). The first-order valence-corrected chi connectivity index (χ1v) is 6.61. The molecule has 0 spiro atoms. The number of hydrogen-bond donors (Lipinski definition) is 2. The topological polar surface area (TPSA) is 80.6 Å². The van der Waals surface area contributed by atoms with Gasteiger partial charge in [-0.05, 0) is 6.07 Å². The normalized spacial score (nSPS) is 12.3. The molecule has 0 aliphatic heterocycles. The molecule has 2 aromatic rings. The molecular formula is C15H18N2O4. The van der Waals surface area contributed by atoms with Crippen molar-refractivity contribution in [1.82, 2.24) is 9.88 Å². The molecule has 1 aromatic carbocycles. The average molecular weight is 290 g/mol. The smallest absolute Gasteiger partial charge is 0.326 e. The number of hydrogen-bond acceptors (Lipinski definition) is 3. The van der Waals surface area contributed by atoms with Gasteiger partial charge in [0.05, 0.1) is 5.56 Å². The van der Waals surface area contributed by atoms with Crippen LogP contribution in [0.15, 0.2) is 30.5 Å². The average Bonchev–Trinajstić information content (AvgIpc) is 2.81. The van der Waals surface area contributed by atoms with Gasteiger partial charge in [0.15, 0.2) is 0 Å². The van der Waals surface area contributed by atoms with Gasteiger partial charge in [-0.15, -0.1) is 0 Å². The van der Waals surface area contributed by atoms with Crippen LogP contribution in [0.4, 0.5) is 0 Å². The first-order chi connectivity index (χ1) is 10.0. The van der Waals surface area contributed by atoms with Gasteiger partial charge in [0.1, 0.15) is 6.04 Å². The Hall–Kier alpha value is -2.34. The molecule has 0 bridgehead atoms. The van der Waals surface area contributed by atoms with Crippen molar-refractivity contribution in [1.29, 1.82) is 0 Å². The van der Waals surface area contributed by atoms with Gasteiger partial charge < -0.3 is 19.7 Å². The van der Waals surface area contributed by atoms with Gasteiger partial charge in [0.25, 0.3) is 5.91 Å². The maximum absolute atomic E-state index is 12.3. The summed E-state index contributed by atoms with van der Waals surface area (Å²) in [5.41, 5.74) is 1.39. The van der Waals surface area contributed by atoms with Crippen LogP contribution >= 0.6 is 0 Å². The van der Waals surface area contributed by atoms with Gasteiger partial charge >= 0.3 is 5.97 Å². The number of aliphatic carboxylic acids is 1. The van der Waals surface area contributed by atoms with Crippen molar-refractivity contribution in [3.8, 4) is 0 Å². The largest absolute Gasteiger partial charge is 0.480 e. The van der Waals surface area contributed by atoms with Crippen LogP contribution in [0.1, 0.15) is 16.8 Å². The van der Waals surface area contributed by atoms with Crippen LogP contribution in [-0.2, 0) is 16.6 Å². The van der Waals surface area contributed by atoms with Crippen LogP contribution in [0, 0.1) is 0 Å². The van der Waals surface area contributed by atoms with Crippen LogP contribution in [0.25, 0.3) is 10.9 Å². The first-order valence-electron chi connectivity index (χ1n) is 6.61. The van der Waals surface area contributed by atoms with Crippen molar-refractivity contribution in [2.24, 2.45) is 7.05 Å². The molecule has 1 heterocycles. The summed E-state index contributed by atoms with van der Waals surface area (Å²) in [5.74, 6) is -1.46. The Labute approximate surface area is 122 Å². The van der Waals surface area contributed by atoms with E-state index in [0.29, 0.717) is 5.56 Å². The third-order valence-corrected chi connectivity index (χ3v) is 3.36. The van der Waals surface area contributed by atoms with Crippen molar-refractivity contribution in [2.75, 3.05) is 13.7 Å². The number of methoxy groups -OCH3 is 1. The van der Waals surface area contributed by atoms with E-state index in [1.165, 1.54) is 7.11 Å². The minimum absolute atomic E-state index is 0.225. The zero-order valence-electron chi connectivity index (χ0n) is 12.0. The maximum atomic E-state index is 12.3. The summed E-state index contributed by atoms with van der Waals surface area (Å²) in [4.78, 5) is 23.5. The third kappa shape index (κ3) is 3.22. The number of nitrogens with zero attached hydrogens (tertiary/aromatic N) is 1. The molecule has 0 aliphatic rings. The molecule has 0 aliphatic carbocycles. The molecule has 0 saturated carbocycles. The maximum Gasteiger partial charge on any atom is 0.326 e. The highest BCUT2D eigenvalue weighted by Gasteiger charge is 2.22. The number of ether oxygens (including phenoxy) is 1. The van der Waals surface area contributed by atoms with E-state index in [2.05, 4.69) is 5.32 Å². The molecule has 2 N–H and O–H groups in total. The van der Waals surface area contributed by atoms with E-state index in [-0.39, 0.29) is 13.0 Å². The van der Waals surface area contributed by atoms with E-state index < -0.39 is 17.9 Å². The monoisotopic (exact) mass is 290 g/mol. The molecule has 6 nitrogen and oxygen atoms in total. The molecule has 6 heteroatoms. The number of fused-ring (bicyclic) bond motifs is 1. The number of para-hydroxylation sites is 1. The number of nitrogens with one attached hydrogen (secondary N) is 1. The number of carbonyl (C=O) groups is 2. The summed E-state index contributed by atoms with van der Waals surface area (Å²) in [6.45, 7) is 0.271. The summed E-state index contributed by atoms with van der Waals surface area (Å²) >= 11 is 0. The second-order valence-electron chi connectivity index (χ2n) is 4.82. The van der Waals surface area contributed by atoms with Gasteiger partial charge in [-0.2, -0.15) is 0 Å². The van der Waals surface area contributed by atoms with Crippen LogP contribution in [-0.4, -0.2) is 41.3 Å². The zero-order chi connectivity index (χ0) is 15.4. The fourth-order valence-corrected chi connectivity index (χ4v) is 2.25. The third-order valence-electron chi connectivity index (χ3n) is 3.36. The highest BCUT2D eigenvalue weighted by molar-refractivity contribution is 6.07. The minimum Gasteiger partial charge on any atom is -0.480 e. The molecule has 2 rings (SSSR count). The lowest BCUT2D eigenvalue weighted by molar-refractivity contribution is -0.139. The van der Waals surface area contributed by atoms with Crippen LogP contribution in [0.5, 0.6) is 0 Å². The van der Waals surface area contributed by atoms with Crippen molar-refractivity contribution in [3.63, 3.8) is 0 Å². The lowest BCUT2D eigenvalue weighted by Crippen LogP contribution is -2.41.